The highest BCUT2D eigenvalue weighted by molar-refractivity contribution is 6.31. The summed E-state index contributed by atoms with van der Waals surface area (Å²) in [5.41, 5.74) is 1.25. The summed E-state index contributed by atoms with van der Waals surface area (Å²) >= 11 is 5.83. The van der Waals surface area contributed by atoms with Crippen molar-refractivity contribution in [2.45, 2.75) is 12.4 Å². The van der Waals surface area contributed by atoms with Gasteiger partial charge in [-0.25, -0.2) is 9.97 Å². The van der Waals surface area contributed by atoms with Gasteiger partial charge >= 0.3 is 6.29 Å². The summed E-state index contributed by atoms with van der Waals surface area (Å²) in [5.74, 6) is -0.0340. The number of pyridine rings is 1. The molecule has 9 heteroatoms. The van der Waals surface area contributed by atoms with Gasteiger partial charge in [0, 0.05) is 6.20 Å². The molecule has 1 aromatic carbocycles. The van der Waals surface area contributed by atoms with Crippen LogP contribution in [-0.2, 0) is 0 Å². The highest BCUT2D eigenvalue weighted by atomic mass is 35.5. The van der Waals surface area contributed by atoms with E-state index in [0.29, 0.717) is 21.7 Å². The van der Waals surface area contributed by atoms with Crippen molar-refractivity contribution in [1.82, 2.24) is 15.0 Å². The Hall–Kier alpha value is -2.45. The maximum atomic E-state index is 13.0. The molecule has 1 atom stereocenters. The number of aliphatic hydroxyl groups excluding tert-OH is 1. The molecule has 6 nitrogen and oxygen atoms in total. The molecule has 3 aromatic rings. The van der Waals surface area contributed by atoms with Gasteiger partial charge in [-0.1, -0.05) is 17.7 Å². The van der Waals surface area contributed by atoms with Crippen molar-refractivity contribution in [1.29, 1.82) is 0 Å². The number of aromatic amines is 1. The third-order valence-electron chi connectivity index (χ3n) is 3.32. The lowest BCUT2D eigenvalue weighted by atomic mass is 10.1. The molecule has 2 aromatic heterocycles. The third-order valence-corrected chi connectivity index (χ3v) is 3.53. The average Bonchev–Trinajstić information content (AvgIpc) is 3.03. The zero-order valence-electron chi connectivity index (χ0n) is 11.3. The molecule has 0 bridgehead atoms. The summed E-state index contributed by atoms with van der Waals surface area (Å²) in [7, 11) is 0. The van der Waals surface area contributed by atoms with Crippen molar-refractivity contribution < 1.29 is 23.4 Å². The third kappa shape index (κ3) is 2.45. The van der Waals surface area contributed by atoms with Crippen LogP contribution in [0.1, 0.15) is 17.5 Å². The second-order valence-electron chi connectivity index (χ2n) is 4.92. The molecule has 0 aliphatic carbocycles. The molecule has 4 rings (SSSR count). The van der Waals surface area contributed by atoms with Gasteiger partial charge in [0.2, 0.25) is 0 Å². The van der Waals surface area contributed by atoms with Crippen molar-refractivity contribution in [3.05, 3.63) is 46.9 Å². The van der Waals surface area contributed by atoms with Crippen LogP contribution in [0.25, 0.3) is 11.2 Å². The minimum absolute atomic E-state index is 0.0935. The summed E-state index contributed by atoms with van der Waals surface area (Å²) in [5, 5.41) is 10.8. The lowest BCUT2D eigenvalue weighted by Crippen LogP contribution is -2.25. The van der Waals surface area contributed by atoms with Crippen LogP contribution in [-0.4, -0.2) is 26.4 Å². The van der Waals surface area contributed by atoms with Crippen LogP contribution in [0.4, 0.5) is 8.78 Å². The van der Waals surface area contributed by atoms with E-state index < -0.39 is 12.4 Å². The molecule has 1 unspecified atom stereocenters. The molecule has 0 saturated carbocycles. The molecule has 0 fully saturated rings. The normalized spacial score (nSPS) is 16.7. The van der Waals surface area contributed by atoms with Gasteiger partial charge in [-0.05, 0) is 23.8 Å². The van der Waals surface area contributed by atoms with Gasteiger partial charge in [-0.15, -0.1) is 8.78 Å². The number of ether oxygens (including phenoxy) is 2. The topological polar surface area (TPSA) is 80.3 Å². The smallest absolute Gasteiger partial charge is 0.395 e. The van der Waals surface area contributed by atoms with Crippen molar-refractivity contribution in [3.63, 3.8) is 0 Å². The fourth-order valence-corrected chi connectivity index (χ4v) is 2.46. The van der Waals surface area contributed by atoms with E-state index in [1.165, 1.54) is 24.4 Å². The van der Waals surface area contributed by atoms with Crippen LogP contribution in [0.2, 0.25) is 5.02 Å². The van der Waals surface area contributed by atoms with Crippen LogP contribution in [0.3, 0.4) is 0 Å². The number of rotatable bonds is 2. The van der Waals surface area contributed by atoms with Crippen LogP contribution in [0, 0.1) is 0 Å². The zero-order chi connectivity index (χ0) is 16.2. The standard InChI is InChI=1S/C14H8ClF2N3O3/c15-7-4-8-12(18-5-7)20-13(19-8)11(21)6-1-2-9-10(3-6)23-14(16,17)22-9/h1-5,11,21H,(H,18,19,20). The van der Waals surface area contributed by atoms with E-state index in [9.17, 15) is 13.9 Å². The number of benzene rings is 1. The number of aliphatic hydroxyl groups is 1. The van der Waals surface area contributed by atoms with E-state index in [1.807, 2.05) is 0 Å². The second-order valence-corrected chi connectivity index (χ2v) is 5.36. The van der Waals surface area contributed by atoms with Crippen LogP contribution < -0.4 is 9.47 Å². The Morgan fingerprint density at radius 1 is 1.22 bits per heavy atom. The lowest BCUT2D eigenvalue weighted by molar-refractivity contribution is -0.286. The van der Waals surface area contributed by atoms with E-state index in [1.54, 1.807) is 6.07 Å². The van der Waals surface area contributed by atoms with Gasteiger partial charge < -0.3 is 19.6 Å². The highest BCUT2D eigenvalue weighted by Gasteiger charge is 2.43. The molecule has 1 aliphatic heterocycles. The van der Waals surface area contributed by atoms with E-state index in [4.69, 9.17) is 11.6 Å². The Morgan fingerprint density at radius 2 is 2.00 bits per heavy atom. The number of hydrogen-bond acceptors (Lipinski definition) is 5. The fourth-order valence-electron chi connectivity index (χ4n) is 2.31. The van der Waals surface area contributed by atoms with Crippen LogP contribution >= 0.6 is 11.6 Å². The van der Waals surface area contributed by atoms with E-state index in [-0.39, 0.29) is 17.3 Å². The number of alkyl halides is 2. The molecular weight excluding hydrogens is 332 g/mol. The number of halogens is 3. The maximum Gasteiger partial charge on any atom is 0.586 e. The molecule has 0 amide bonds. The summed E-state index contributed by atoms with van der Waals surface area (Å²) in [6.07, 6.45) is -3.43. The Balaban J connectivity index is 1.70. The van der Waals surface area contributed by atoms with E-state index in [0.717, 1.165) is 0 Å². The first-order valence-corrected chi connectivity index (χ1v) is 6.88. The summed E-state index contributed by atoms with van der Waals surface area (Å²) < 4.78 is 34.7. The van der Waals surface area contributed by atoms with Gasteiger partial charge in [0.25, 0.3) is 0 Å². The Labute approximate surface area is 132 Å². The monoisotopic (exact) mass is 339 g/mol. The minimum atomic E-state index is -3.70. The van der Waals surface area contributed by atoms with E-state index in [2.05, 4.69) is 24.4 Å². The van der Waals surface area contributed by atoms with Gasteiger partial charge in [0.1, 0.15) is 17.4 Å². The predicted molar refractivity (Wildman–Crippen MR) is 75.6 cm³/mol. The van der Waals surface area contributed by atoms with Crippen molar-refractivity contribution in [2.24, 2.45) is 0 Å². The molecule has 118 valence electrons. The summed E-state index contributed by atoms with van der Waals surface area (Å²) in [6, 6.07) is 5.61. The first-order chi connectivity index (χ1) is 10.9. The number of fused-ring (bicyclic) bond motifs is 2. The number of H-pyrrole nitrogens is 1. The molecule has 23 heavy (non-hydrogen) atoms. The van der Waals surface area contributed by atoms with Gasteiger partial charge in [0.05, 0.1) is 5.02 Å². The first kappa shape index (κ1) is 14.2. The van der Waals surface area contributed by atoms with Crippen molar-refractivity contribution >= 4 is 22.8 Å². The van der Waals surface area contributed by atoms with Gasteiger partial charge in [-0.2, -0.15) is 0 Å². The molecule has 1 aliphatic rings. The molecule has 0 spiro atoms. The van der Waals surface area contributed by atoms with Crippen LogP contribution in [0.15, 0.2) is 30.5 Å². The quantitative estimate of drug-likeness (QED) is 0.750. The molecule has 2 N–H and O–H groups in total. The molecule has 0 saturated heterocycles. The molecule has 3 heterocycles. The van der Waals surface area contributed by atoms with Gasteiger partial charge in [0.15, 0.2) is 17.1 Å². The predicted octanol–water partition coefficient (Wildman–Crippen LogP) is 3.01. The fraction of sp³-hybridized carbons (Fsp3) is 0.143. The van der Waals surface area contributed by atoms with Crippen molar-refractivity contribution in [2.75, 3.05) is 0 Å². The first-order valence-electron chi connectivity index (χ1n) is 6.50. The summed E-state index contributed by atoms with van der Waals surface area (Å²) in [4.78, 5) is 11.1. The minimum Gasteiger partial charge on any atom is -0.395 e. The van der Waals surface area contributed by atoms with Crippen molar-refractivity contribution in [3.8, 4) is 11.5 Å². The number of hydrogen-bond donors (Lipinski definition) is 2. The number of imidazole rings is 1. The Morgan fingerprint density at radius 3 is 2.83 bits per heavy atom. The zero-order valence-corrected chi connectivity index (χ0v) is 12.0. The highest BCUT2D eigenvalue weighted by Crippen LogP contribution is 2.42. The van der Waals surface area contributed by atoms with E-state index >= 15 is 0 Å². The molecular formula is C14H8ClF2N3O3. The van der Waals surface area contributed by atoms with Crippen LogP contribution in [0.5, 0.6) is 11.5 Å². The Kier molecular flexibility index (Phi) is 2.94. The number of aromatic nitrogens is 3. The average molecular weight is 340 g/mol. The Bertz CT molecular complexity index is 915. The SMILES string of the molecule is OC(c1ccc2c(c1)OC(F)(F)O2)c1nc2cc(Cl)cnc2[nH]1. The number of nitrogens with zero attached hydrogens (tertiary/aromatic N) is 2. The second kappa shape index (κ2) is 4.77. The van der Waals surface area contributed by atoms with Gasteiger partial charge in [-0.3, -0.25) is 0 Å². The maximum absolute atomic E-state index is 13.0. The lowest BCUT2D eigenvalue weighted by Gasteiger charge is -2.08. The largest absolute Gasteiger partial charge is 0.586 e. The number of nitrogens with one attached hydrogen (secondary N) is 1. The summed E-state index contributed by atoms with van der Waals surface area (Å²) in [6.45, 7) is 0. The molecule has 0 radical (unpaired) electrons.